The highest BCUT2D eigenvalue weighted by Crippen LogP contribution is 2.12. The first-order chi connectivity index (χ1) is 11.2. The van der Waals surface area contributed by atoms with Crippen molar-refractivity contribution in [2.24, 2.45) is 0 Å². The highest BCUT2D eigenvalue weighted by molar-refractivity contribution is 6.26. The Labute approximate surface area is 136 Å². The molecule has 23 heavy (non-hydrogen) atoms. The van der Waals surface area contributed by atoms with Crippen LogP contribution in [0.4, 0.5) is 11.4 Å². The SMILES string of the molecule is CCCC=C(C(=O)Nc1ccccc1)C(=O)Nc1ccccc1. The number of hydrogen-bond acceptors (Lipinski definition) is 2. The first-order valence-electron chi connectivity index (χ1n) is 7.63. The molecule has 4 heteroatoms. The third-order valence-electron chi connectivity index (χ3n) is 3.19. The van der Waals surface area contributed by atoms with Crippen molar-refractivity contribution in [3.8, 4) is 0 Å². The van der Waals surface area contributed by atoms with E-state index in [4.69, 9.17) is 0 Å². The second kappa shape index (κ2) is 8.54. The van der Waals surface area contributed by atoms with Gasteiger partial charge in [0.05, 0.1) is 0 Å². The fourth-order valence-electron chi connectivity index (χ4n) is 2.02. The summed E-state index contributed by atoms with van der Waals surface area (Å²) >= 11 is 0. The largest absolute Gasteiger partial charge is 0.322 e. The minimum Gasteiger partial charge on any atom is -0.322 e. The highest BCUT2D eigenvalue weighted by Gasteiger charge is 2.18. The Balaban J connectivity index is 2.13. The van der Waals surface area contributed by atoms with E-state index in [-0.39, 0.29) is 5.57 Å². The lowest BCUT2D eigenvalue weighted by molar-refractivity contribution is -0.118. The predicted molar refractivity (Wildman–Crippen MR) is 93.1 cm³/mol. The van der Waals surface area contributed by atoms with Crippen LogP contribution >= 0.6 is 0 Å². The molecule has 118 valence electrons. The van der Waals surface area contributed by atoms with Crippen LogP contribution in [0.2, 0.25) is 0 Å². The Kier molecular flexibility index (Phi) is 6.12. The molecule has 0 saturated carbocycles. The van der Waals surface area contributed by atoms with Gasteiger partial charge in [0.2, 0.25) is 0 Å². The zero-order valence-electron chi connectivity index (χ0n) is 13.1. The molecule has 0 aliphatic rings. The number of carbonyl (C=O) groups is 2. The molecule has 2 amide bonds. The van der Waals surface area contributed by atoms with E-state index in [2.05, 4.69) is 10.6 Å². The van der Waals surface area contributed by atoms with E-state index in [1.54, 1.807) is 30.3 Å². The van der Waals surface area contributed by atoms with E-state index in [1.165, 1.54) is 0 Å². The molecule has 2 rings (SSSR count). The normalized spacial score (nSPS) is 9.78. The molecule has 0 atom stereocenters. The molecular weight excluding hydrogens is 288 g/mol. The molecule has 2 N–H and O–H groups in total. The van der Waals surface area contributed by atoms with Gasteiger partial charge >= 0.3 is 0 Å². The molecule has 0 unspecified atom stereocenters. The molecule has 0 saturated heterocycles. The van der Waals surface area contributed by atoms with Gasteiger partial charge in [0, 0.05) is 11.4 Å². The summed E-state index contributed by atoms with van der Waals surface area (Å²) < 4.78 is 0. The lowest BCUT2D eigenvalue weighted by atomic mass is 10.1. The fourth-order valence-corrected chi connectivity index (χ4v) is 2.02. The molecule has 0 heterocycles. The van der Waals surface area contributed by atoms with Gasteiger partial charge in [0.25, 0.3) is 11.8 Å². The van der Waals surface area contributed by atoms with Crippen LogP contribution in [0.25, 0.3) is 0 Å². The molecule has 0 fully saturated rings. The van der Waals surface area contributed by atoms with Crippen molar-refractivity contribution in [3.63, 3.8) is 0 Å². The van der Waals surface area contributed by atoms with Crippen LogP contribution in [0.3, 0.4) is 0 Å². The lowest BCUT2D eigenvalue weighted by Gasteiger charge is -2.10. The van der Waals surface area contributed by atoms with E-state index in [9.17, 15) is 9.59 Å². The van der Waals surface area contributed by atoms with Crippen LogP contribution in [-0.4, -0.2) is 11.8 Å². The van der Waals surface area contributed by atoms with Gasteiger partial charge in [-0.2, -0.15) is 0 Å². The van der Waals surface area contributed by atoms with Crippen molar-refractivity contribution < 1.29 is 9.59 Å². The molecule has 0 radical (unpaired) electrons. The third kappa shape index (κ3) is 5.11. The Morgan fingerprint density at radius 2 is 1.26 bits per heavy atom. The van der Waals surface area contributed by atoms with Gasteiger partial charge in [-0.25, -0.2) is 0 Å². The van der Waals surface area contributed by atoms with Crippen LogP contribution < -0.4 is 10.6 Å². The van der Waals surface area contributed by atoms with Crippen LogP contribution in [0.1, 0.15) is 19.8 Å². The van der Waals surface area contributed by atoms with Crippen LogP contribution in [0.15, 0.2) is 72.3 Å². The van der Waals surface area contributed by atoms with Gasteiger partial charge in [-0.05, 0) is 30.7 Å². The third-order valence-corrected chi connectivity index (χ3v) is 3.19. The number of amides is 2. The molecule has 0 aliphatic heterocycles. The van der Waals surface area contributed by atoms with Crippen LogP contribution in [-0.2, 0) is 9.59 Å². The molecule has 0 bridgehead atoms. The summed E-state index contributed by atoms with van der Waals surface area (Å²) in [6, 6.07) is 18.2. The number of hydrogen-bond donors (Lipinski definition) is 2. The molecule has 0 aromatic heterocycles. The number of nitrogens with one attached hydrogen (secondary N) is 2. The molecular formula is C19H20N2O2. The molecule has 2 aromatic rings. The summed E-state index contributed by atoms with van der Waals surface area (Å²) in [6.07, 6.45) is 3.21. The van der Waals surface area contributed by atoms with Crippen molar-refractivity contribution in [3.05, 3.63) is 72.3 Å². The summed E-state index contributed by atoms with van der Waals surface area (Å²) in [4.78, 5) is 24.8. The number of anilines is 2. The van der Waals surface area contributed by atoms with E-state index in [1.807, 2.05) is 43.3 Å². The highest BCUT2D eigenvalue weighted by atomic mass is 16.2. The number of allylic oxidation sites excluding steroid dienone is 1. The summed E-state index contributed by atoms with van der Waals surface area (Å²) in [5.74, 6) is -0.809. The smallest absolute Gasteiger partial charge is 0.260 e. The average Bonchev–Trinajstić information content (AvgIpc) is 2.57. The number of para-hydroxylation sites is 2. The summed E-state index contributed by atoms with van der Waals surface area (Å²) in [7, 11) is 0. The quantitative estimate of drug-likeness (QED) is 0.481. The topological polar surface area (TPSA) is 58.2 Å². The standard InChI is InChI=1S/C19H20N2O2/c1-2-3-14-17(18(22)20-15-10-6-4-7-11-15)19(23)21-16-12-8-5-9-13-16/h4-14H,2-3H2,1H3,(H,20,22)(H,21,23). The van der Waals surface area contributed by atoms with Gasteiger partial charge < -0.3 is 10.6 Å². The fraction of sp³-hybridized carbons (Fsp3) is 0.158. The zero-order chi connectivity index (χ0) is 16.5. The Bertz CT molecular complexity index is 624. The Morgan fingerprint density at radius 1 is 0.826 bits per heavy atom. The minimum atomic E-state index is -0.405. The molecule has 4 nitrogen and oxygen atoms in total. The second-order valence-electron chi connectivity index (χ2n) is 5.05. The van der Waals surface area contributed by atoms with Gasteiger partial charge in [-0.15, -0.1) is 0 Å². The predicted octanol–water partition coefficient (Wildman–Crippen LogP) is 3.99. The van der Waals surface area contributed by atoms with E-state index in [0.717, 1.165) is 6.42 Å². The minimum absolute atomic E-state index is 0.125. The van der Waals surface area contributed by atoms with Crippen molar-refractivity contribution in [2.45, 2.75) is 19.8 Å². The van der Waals surface area contributed by atoms with E-state index >= 15 is 0 Å². The average molecular weight is 308 g/mol. The van der Waals surface area contributed by atoms with Gasteiger partial charge in [-0.3, -0.25) is 9.59 Å². The zero-order valence-corrected chi connectivity index (χ0v) is 13.1. The maximum absolute atomic E-state index is 12.4. The van der Waals surface area contributed by atoms with Crippen LogP contribution in [0.5, 0.6) is 0 Å². The van der Waals surface area contributed by atoms with Crippen LogP contribution in [0, 0.1) is 0 Å². The first kappa shape index (κ1) is 16.5. The van der Waals surface area contributed by atoms with Crippen molar-refractivity contribution in [1.82, 2.24) is 0 Å². The lowest BCUT2D eigenvalue weighted by Crippen LogP contribution is -2.25. The van der Waals surface area contributed by atoms with E-state index < -0.39 is 11.8 Å². The molecule has 2 aromatic carbocycles. The number of unbranched alkanes of at least 4 members (excludes halogenated alkanes) is 1. The van der Waals surface area contributed by atoms with Gasteiger partial charge in [0.15, 0.2) is 0 Å². The van der Waals surface area contributed by atoms with E-state index in [0.29, 0.717) is 17.8 Å². The van der Waals surface area contributed by atoms with Crippen molar-refractivity contribution in [2.75, 3.05) is 10.6 Å². The number of benzene rings is 2. The summed E-state index contributed by atoms with van der Waals surface area (Å²) in [5.41, 5.74) is 1.44. The maximum atomic E-state index is 12.4. The monoisotopic (exact) mass is 308 g/mol. The van der Waals surface area contributed by atoms with Crippen molar-refractivity contribution >= 4 is 23.2 Å². The second-order valence-corrected chi connectivity index (χ2v) is 5.05. The summed E-state index contributed by atoms with van der Waals surface area (Å²) in [5, 5.41) is 5.50. The Hall–Kier alpha value is -2.88. The summed E-state index contributed by atoms with van der Waals surface area (Å²) in [6.45, 7) is 2.00. The molecule has 0 spiro atoms. The van der Waals surface area contributed by atoms with Gasteiger partial charge in [-0.1, -0.05) is 55.8 Å². The number of carbonyl (C=O) groups excluding carboxylic acids is 2. The maximum Gasteiger partial charge on any atom is 0.260 e. The van der Waals surface area contributed by atoms with Crippen molar-refractivity contribution in [1.29, 1.82) is 0 Å². The molecule has 0 aliphatic carbocycles. The van der Waals surface area contributed by atoms with Gasteiger partial charge in [0.1, 0.15) is 5.57 Å². The first-order valence-corrected chi connectivity index (χ1v) is 7.63. The number of rotatable bonds is 6. The Morgan fingerprint density at radius 3 is 1.65 bits per heavy atom.